The predicted octanol–water partition coefficient (Wildman–Crippen LogP) is 1.34. The third-order valence-electron chi connectivity index (χ3n) is 3.06. The van der Waals surface area contributed by atoms with Crippen molar-refractivity contribution in [1.82, 2.24) is 4.98 Å². The number of nitrogens with zero attached hydrogens (tertiary/aromatic N) is 1. The van der Waals surface area contributed by atoms with Crippen molar-refractivity contribution in [3.63, 3.8) is 0 Å². The fraction of sp³-hybridized carbons (Fsp3) is 0.250. The number of non-ortho nitro benzene ring substituents is 1. The Hall–Kier alpha value is -2.41. The standard InChI is InChI=1S/C12H13N3O4/c1-6-2-3-9(15(18)19)11-10(6)7(5-14-11)4-8(13)12(16)17/h2-3,5,8,14H,4,13H2,1H3,(H,16,17)/t8-/m0/s1. The summed E-state index contributed by atoms with van der Waals surface area (Å²) in [6.07, 6.45) is 1.70. The SMILES string of the molecule is Cc1ccc([N+](=O)[O-])c2[nH]cc(C[C@H](N)C(=O)O)c12. The number of aryl methyl sites for hydroxylation is 1. The van der Waals surface area contributed by atoms with Crippen LogP contribution in [0.25, 0.3) is 10.9 Å². The number of hydrogen-bond acceptors (Lipinski definition) is 4. The number of carbonyl (C=O) groups is 1. The molecule has 0 saturated carbocycles. The molecule has 0 bridgehead atoms. The smallest absolute Gasteiger partial charge is 0.320 e. The minimum atomic E-state index is -1.10. The predicted molar refractivity (Wildman–Crippen MR) is 69.0 cm³/mol. The molecule has 100 valence electrons. The van der Waals surface area contributed by atoms with E-state index in [4.69, 9.17) is 10.8 Å². The summed E-state index contributed by atoms with van der Waals surface area (Å²) in [6.45, 7) is 1.82. The maximum Gasteiger partial charge on any atom is 0.320 e. The molecule has 0 radical (unpaired) electrons. The molecule has 0 saturated heterocycles. The van der Waals surface area contributed by atoms with Crippen LogP contribution >= 0.6 is 0 Å². The lowest BCUT2D eigenvalue weighted by atomic mass is 10.0. The molecular formula is C12H13N3O4. The van der Waals surface area contributed by atoms with Gasteiger partial charge in [-0.2, -0.15) is 0 Å². The number of nitrogens with one attached hydrogen (secondary N) is 1. The van der Waals surface area contributed by atoms with E-state index >= 15 is 0 Å². The van der Waals surface area contributed by atoms with Crippen molar-refractivity contribution in [3.8, 4) is 0 Å². The zero-order valence-electron chi connectivity index (χ0n) is 10.2. The number of carboxylic acids is 1. The van der Waals surface area contributed by atoms with Crippen LogP contribution in [-0.4, -0.2) is 27.0 Å². The second-order valence-corrected chi connectivity index (χ2v) is 4.37. The first-order valence-electron chi connectivity index (χ1n) is 5.64. The number of nitro benzene ring substituents is 1. The highest BCUT2D eigenvalue weighted by atomic mass is 16.6. The van der Waals surface area contributed by atoms with Gasteiger partial charge in [-0.05, 0) is 18.1 Å². The molecule has 1 heterocycles. The van der Waals surface area contributed by atoms with Crippen LogP contribution in [0.2, 0.25) is 0 Å². The van der Waals surface area contributed by atoms with E-state index < -0.39 is 16.9 Å². The first-order valence-corrected chi connectivity index (χ1v) is 5.64. The van der Waals surface area contributed by atoms with Crippen molar-refractivity contribution < 1.29 is 14.8 Å². The molecule has 0 aliphatic carbocycles. The van der Waals surface area contributed by atoms with Crippen LogP contribution < -0.4 is 5.73 Å². The van der Waals surface area contributed by atoms with E-state index in [1.807, 2.05) is 6.92 Å². The zero-order valence-corrected chi connectivity index (χ0v) is 10.2. The van der Waals surface area contributed by atoms with Crippen molar-refractivity contribution in [1.29, 1.82) is 0 Å². The van der Waals surface area contributed by atoms with Crippen LogP contribution in [0.1, 0.15) is 11.1 Å². The Bertz CT molecular complexity index is 662. The van der Waals surface area contributed by atoms with Crippen LogP contribution in [0.5, 0.6) is 0 Å². The van der Waals surface area contributed by atoms with Gasteiger partial charge >= 0.3 is 5.97 Å². The number of hydrogen-bond donors (Lipinski definition) is 3. The van der Waals surface area contributed by atoms with Crippen molar-refractivity contribution >= 4 is 22.6 Å². The Morgan fingerprint density at radius 2 is 2.26 bits per heavy atom. The first kappa shape index (κ1) is 13.0. The maximum atomic E-state index is 10.9. The fourth-order valence-corrected chi connectivity index (χ4v) is 2.12. The molecule has 0 amide bonds. The van der Waals surface area contributed by atoms with E-state index in [1.165, 1.54) is 6.07 Å². The summed E-state index contributed by atoms with van der Waals surface area (Å²) in [5, 5.41) is 20.4. The van der Waals surface area contributed by atoms with Gasteiger partial charge in [0, 0.05) is 24.1 Å². The summed E-state index contributed by atoms with van der Waals surface area (Å²) in [4.78, 5) is 24.1. The lowest BCUT2D eigenvalue weighted by Crippen LogP contribution is -2.32. The van der Waals surface area contributed by atoms with Crippen molar-refractivity contribution in [2.24, 2.45) is 5.73 Å². The number of carboxylic acid groups (broad SMARTS) is 1. The number of aliphatic carboxylic acids is 1. The van der Waals surface area contributed by atoms with Gasteiger partial charge in [0.25, 0.3) is 5.69 Å². The van der Waals surface area contributed by atoms with E-state index in [1.54, 1.807) is 12.3 Å². The average molecular weight is 263 g/mol. The van der Waals surface area contributed by atoms with E-state index in [0.29, 0.717) is 16.5 Å². The number of aromatic nitrogens is 1. The number of fused-ring (bicyclic) bond motifs is 1. The van der Waals surface area contributed by atoms with Gasteiger partial charge in [-0.1, -0.05) is 6.07 Å². The van der Waals surface area contributed by atoms with E-state index in [2.05, 4.69) is 4.98 Å². The fourth-order valence-electron chi connectivity index (χ4n) is 2.12. The van der Waals surface area contributed by atoms with Crippen molar-refractivity contribution in [3.05, 3.63) is 39.6 Å². The lowest BCUT2D eigenvalue weighted by Gasteiger charge is -2.06. The molecule has 1 aromatic heterocycles. The van der Waals surface area contributed by atoms with Gasteiger partial charge in [0.2, 0.25) is 0 Å². The lowest BCUT2D eigenvalue weighted by molar-refractivity contribution is -0.383. The van der Waals surface area contributed by atoms with Gasteiger partial charge in [-0.15, -0.1) is 0 Å². The highest BCUT2D eigenvalue weighted by molar-refractivity contribution is 5.93. The van der Waals surface area contributed by atoms with Crippen LogP contribution in [0.4, 0.5) is 5.69 Å². The van der Waals surface area contributed by atoms with Crippen LogP contribution in [0.15, 0.2) is 18.3 Å². The molecule has 7 heteroatoms. The monoisotopic (exact) mass is 263 g/mol. The first-order chi connectivity index (χ1) is 8.91. The topological polar surface area (TPSA) is 122 Å². The summed E-state index contributed by atoms with van der Waals surface area (Å²) in [5.74, 6) is -1.10. The van der Waals surface area contributed by atoms with Crippen LogP contribution in [-0.2, 0) is 11.2 Å². The Morgan fingerprint density at radius 1 is 1.58 bits per heavy atom. The zero-order chi connectivity index (χ0) is 14.2. The van der Waals surface area contributed by atoms with Gasteiger partial charge in [0.1, 0.15) is 11.6 Å². The molecule has 2 rings (SSSR count). The number of H-pyrrole nitrogens is 1. The number of aromatic amines is 1. The van der Waals surface area contributed by atoms with Gasteiger partial charge in [0.15, 0.2) is 0 Å². The molecule has 0 fully saturated rings. The Labute approximate surface area is 108 Å². The second kappa shape index (κ2) is 4.69. The summed E-state index contributed by atoms with van der Waals surface area (Å²) in [7, 11) is 0. The molecular weight excluding hydrogens is 250 g/mol. The highest BCUT2D eigenvalue weighted by Gasteiger charge is 2.20. The molecule has 0 unspecified atom stereocenters. The Balaban J connectivity index is 2.56. The molecule has 0 spiro atoms. The summed E-state index contributed by atoms with van der Waals surface area (Å²) >= 11 is 0. The number of nitro groups is 1. The van der Waals surface area contributed by atoms with E-state index in [0.717, 1.165) is 5.56 Å². The van der Waals surface area contributed by atoms with Crippen molar-refractivity contribution in [2.75, 3.05) is 0 Å². The second-order valence-electron chi connectivity index (χ2n) is 4.37. The molecule has 19 heavy (non-hydrogen) atoms. The third-order valence-corrected chi connectivity index (χ3v) is 3.06. The minimum Gasteiger partial charge on any atom is -0.480 e. The van der Waals surface area contributed by atoms with Gasteiger partial charge in [0.05, 0.1) is 4.92 Å². The number of nitrogens with two attached hydrogens (primary N) is 1. The van der Waals surface area contributed by atoms with Gasteiger partial charge in [-0.25, -0.2) is 0 Å². The molecule has 1 atom stereocenters. The number of rotatable bonds is 4. The van der Waals surface area contributed by atoms with Crippen LogP contribution in [0.3, 0.4) is 0 Å². The Morgan fingerprint density at radius 3 is 2.84 bits per heavy atom. The minimum absolute atomic E-state index is 0.0317. The molecule has 1 aromatic carbocycles. The summed E-state index contributed by atoms with van der Waals surface area (Å²) in [6, 6.07) is 2.04. The summed E-state index contributed by atoms with van der Waals surface area (Å²) < 4.78 is 0. The molecule has 4 N–H and O–H groups in total. The summed E-state index contributed by atoms with van der Waals surface area (Å²) in [5.41, 5.74) is 7.38. The number of benzene rings is 1. The molecule has 7 nitrogen and oxygen atoms in total. The average Bonchev–Trinajstić information content (AvgIpc) is 2.73. The quantitative estimate of drug-likeness (QED) is 0.567. The normalized spacial score (nSPS) is 12.5. The largest absolute Gasteiger partial charge is 0.480 e. The van der Waals surface area contributed by atoms with E-state index in [9.17, 15) is 14.9 Å². The molecule has 0 aliphatic rings. The van der Waals surface area contributed by atoms with Gasteiger partial charge < -0.3 is 15.8 Å². The van der Waals surface area contributed by atoms with Crippen LogP contribution in [0, 0.1) is 17.0 Å². The van der Waals surface area contributed by atoms with Crippen molar-refractivity contribution in [2.45, 2.75) is 19.4 Å². The highest BCUT2D eigenvalue weighted by Crippen LogP contribution is 2.30. The molecule has 2 aromatic rings. The van der Waals surface area contributed by atoms with E-state index in [-0.39, 0.29) is 12.1 Å². The maximum absolute atomic E-state index is 10.9. The van der Waals surface area contributed by atoms with Gasteiger partial charge in [-0.3, -0.25) is 14.9 Å². The Kier molecular flexibility index (Phi) is 3.22. The third kappa shape index (κ3) is 2.27. The molecule has 0 aliphatic heterocycles.